The number of nitrogens with two attached hydrogens (primary N) is 1. The summed E-state index contributed by atoms with van der Waals surface area (Å²) in [6.45, 7) is 6.30. The third-order valence-electron chi connectivity index (χ3n) is 6.24. The highest BCUT2D eigenvalue weighted by molar-refractivity contribution is 7.89. The molecule has 1 saturated heterocycles. The number of benzene rings is 2. The number of nitrogen functional groups attached to an aromatic ring is 1. The number of aliphatic hydroxyl groups excluding tert-OH is 1. The molecule has 36 heavy (non-hydrogen) atoms. The van der Waals surface area contributed by atoms with Crippen LogP contribution in [0.25, 0.3) is 0 Å². The molecule has 0 bridgehead atoms. The van der Waals surface area contributed by atoms with E-state index < -0.39 is 27.6 Å². The van der Waals surface area contributed by atoms with Gasteiger partial charge in [0.15, 0.2) is 0 Å². The summed E-state index contributed by atoms with van der Waals surface area (Å²) in [5.74, 6) is -0.413. The van der Waals surface area contributed by atoms with Gasteiger partial charge in [0.25, 0.3) is 0 Å². The van der Waals surface area contributed by atoms with Gasteiger partial charge in [-0.05, 0) is 49.1 Å². The van der Waals surface area contributed by atoms with Crippen molar-refractivity contribution in [2.45, 2.75) is 49.8 Å². The molecule has 10 heteroatoms. The van der Waals surface area contributed by atoms with Crippen LogP contribution in [0.4, 0.5) is 5.69 Å². The zero-order valence-corrected chi connectivity index (χ0v) is 21.9. The number of sulfonamides is 1. The van der Waals surface area contributed by atoms with Crippen LogP contribution in [0.15, 0.2) is 59.5 Å². The van der Waals surface area contributed by atoms with E-state index in [-0.39, 0.29) is 36.6 Å². The van der Waals surface area contributed by atoms with Crippen molar-refractivity contribution in [3.63, 3.8) is 0 Å². The molecule has 0 aliphatic carbocycles. The average Bonchev–Trinajstić information content (AvgIpc) is 3.36. The first kappa shape index (κ1) is 28.1. The molecule has 1 aliphatic rings. The van der Waals surface area contributed by atoms with Gasteiger partial charge in [0.05, 0.1) is 29.2 Å². The summed E-state index contributed by atoms with van der Waals surface area (Å²) in [7, 11) is -3.93. The lowest BCUT2D eigenvalue weighted by Gasteiger charge is -2.38. The lowest BCUT2D eigenvalue weighted by atomic mass is 9.86. The van der Waals surface area contributed by atoms with Crippen LogP contribution < -0.4 is 11.1 Å². The topological polar surface area (TPSA) is 131 Å². The van der Waals surface area contributed by atoms with Gasteiger partial charge >= 0.3 is 0 Å². The molecule has 0 aromatic heterocycles. The number of carbonyl (C=O) groups is 1. The summed E-state index contributed by atoms with van der Waals surface area (Å²) >= 11 is 0. The number of hydrogen-bond acceptors (Lipinski definition) is 7. The minimum atomic E-state index is -3.93. The molecule has 1 aliphatic heterocycles. The van der Waals surface area contributed by atoms with E-state index in [1.165, 1.54) is 28.6 Å². The van der Waals surface area contributed by atoms with E-state index in [2.05, 4.69) is 5.32 Å². The molecule has 1 heterocycles. The Hall–Kier alpha value is -2.50. The molecule has 198 valence electrons. The van der Waals surface area contributed by atoms with Crippen LogP contribution in [0.3, 0.4) is 0 Å². The zero-order valence-electron chi connectivity index (χ0n) is 21.1. The lowest BCUT2D eigenvalue weighted by molar-refractivity contribution is -0.131. The molecule has 0 saturated carbocycles. The Bertz CT molecular complexity index is 1090. The monoisotopic (exact) mass is 519 g/mol. The predicted octanol–water partition coefficient (Wildman–Crippen LogP) is 2.11. The summed E-state index contributed by atoms with van der Waals surface area (Å²) in [4.78, 5) is 13.0. The van der Waals surface area contributed by atoms with Crippen LogP contribution >= 0.6 is 0 Å². The molecule has 1 fully saturated rings. The Balaban J connectivity index is 1.85. The van der Waals surface area contributed by atoms with Crippen molar-refractivity contribution in [2.24, 2.45) is 5.92 Å². The fraction of sp³-hybridized carbons (Fsp3) is 0.500. The third kappa shape index (κ3) is 7.04. The first-order chi connectivity index (χ1) is 17.0. The second kappa shape index (κ2) is 12.2. The number of anilines is 1. The number of rotatable bonds is 12. The maximum Gasteiger partial charge on any atom is 0.246 e. The van der Waals surface area contributed by atoms with E-state index >= 15 is 0 Å². The maximum absolute atomic E-state index is 13.5. The molecule has 3 rings (SSSR count). The highest BCUT2D eigenvalue weighted by Crippen LogP contribution is 2.28. The van der Waals surface area contributed by atoms with E-state index in [1.54, 1.807) is 31.2 Å². The molecule has 1 amide bonds. The SMILES string of the molecule is CC(C)CN(C[C@@H](O)[C@@](C)(NC(=O)CO[C@H]1CCOC1)c1ccccc1)S(=O)(=O)c1ccc(N)cc1. The first-order valence-corrected chi connectivity index (χ1v) is 13.6. The number of nitrogens with zero attached hydrogens (tertiary/aromatic N) is 1. The van der Waals surface area contributed by atoms with Crippen molar-refractivity contribution in [3.05, 3.63) is 60.2 Å². The van der Waals surface area contributed by atoms with Gasteiger partial charge in [-0.2, -0.15) is 4.31 Å². The number of carbonyl (C=O) groups excluding carboxylic acids is 1. The van der Waals surface area contributed by atoms with Crippen molar-refractivity contribution < 1.29 is 27.8 Å². The Morgan fingerprint density at radius 2 is 1.86 bits per heavy atom. The van der Waals surface area contributed by atoms with Gasteiger partial charge in [-0.25, -0.2) is 8.42 Å². The minimum Gasteiger partial charge on any atom is -0.399 e. The third-order valence-corrected chi connectivity index (χ3v) is 8.09. The second-order valence-corrected chi connectivity index (χ2v) is 11.7. The van der Waals surface area contributed by atoms with E-state index in [4.69, 9.17) is 15.2 Å². The number of aliphatic hydroxyl groups is 1. The molecule has 3 atom stereocenters. The fourth-order valence-corrected chi connectivity index (χ4v) is 5.75. The number of amides is 1. The quantitative estimate of drug-likeness (QED) is 0.366. The molecule has 4 N–H and O–H groups in total. The zero-order chi connectivity index (χ0) is 26.3. The van der Waals surface area contributed by atoms with Gasteiger partial charge in [-0.3, -0.25) is 4.79 Å². The Morgan fingerprint density at radius 3 is 2.44 bits per heavy atom. The molecule has 0 unspecified atom stereocenters. The predicted molar refractivity (Wildman–Crippen MR) is 138 cm³/mol. The Kier molecular flexibility index (Phi) is 9.48. The van der Waals surface area contributed by atoms with Gasteiger partial charge in [0, 0.05) is 25.4 Å². The largest absolute Gasteiger partial charge is 0.399 e. The normalized spacial score (nSPS) is 18.8. The first-order valence-electron chi connectivity index (χ1n) is 12.1. The van der Waals surface area contributed by atoms with Crippen LogP contribution in [0.2, 0.25) is 0 Å². The summed E-state index contributed by atoms with van der Waals surface area (Å²) in [5.41, 5.74) is 5.55. The van der Waals surface area contributed by atoms with Crippen LogP contribution in [-0.2, 0) is 29.8 Å². The van der Waals surface area contributed by atoms with Crippen molar-refractivity contribution in [3.8, 4) is 0 Å². The molecule has 0 spiro atoms. The highest BCUT2D eigenvalue weighted by Gasteiger charge is 2.40. The molecule has 2 aromatic rings. The van der Waals surface area contributed by atoms with E-state index in [0.29, 0.717) is 24.5 Å². The summed E-state index contributed by atoms with van der Waals surface area (Å²) < 4.78 is 39.2. The van der Waals surface area contributed by atoms with Crippen LogP contribution in [-0.4, -0.2) is 68.9 Å². The second-order valence-electron chi connectivity index (χ2n) is 9.71. The summed E-state index contributed by atoms with van der Waals surface area (Å²) in [5, 5.41) is 14.4. The lowest BCUT2D eigenvalue weighted by Crippen LogP contribution is -2.57. The average molecular weight is 520 g/mol. The van der Waals surface area contributed by atoms with E-state index in [0.717, 1.165) is 6.42 Å². The van der Waals surface area contributed by atoms with Gasteiger partial charge < -0.3 is 25.6 Å². The van der Waals surface area contributed by atoms with Gasteiger partial charge in [-0.15, -0.1) is 0 Å². The maximum atomic E-state index is 13.5. The molecular formula is C26H37N3O6S. The molecule has 9 nitrogen and oxygen atoms in total. The van der Waals surface area contributed by atoms with Gasteiger partial charge in [-0.1, -0.05) is 44.2 Å². The Morgan fingerprint density at radius 1 is 1.19 bits per heavy atom. The summed E-state index contributed by atoms with van der Waals surface area (Å²) in [6.07, 6.45) is -0.685. The van der Waals surface area contributed by atoms with Crippen LogP contribution in [0.5, 0.6) is 0 Å². The number of hydrogen-bond donors (Lipinski definition) is 3. The number of ether oxygens (including phenoxy) is 2. The molecule has 2 aromatic carbocycles. The highest BCUT2D eigenvalue weighted by atomic mass is 32.2. The van der Waals surface area contributed by atoms with Crippen molar-refractivity contribution in [2.75, 3.05) is 38.6 Å². The van der Waals surface area contributed by atoms with E-state index in [1.807, 2.05) is 19.9 Å². The minimum absolute atomic E-state index is 0.000333. The van der Waals surface area contributed by atoms with Crippen molar-refractivity contribution in [1.82, 2.24) is 9.62 Å². The molecule has 0 radical (unpaired) electrons. The van der Waals surface area contributed by atoms with Crippen molar-refractivity contribution in [1.29, 1.82) is 0 Å². The van der Waals surface area contributed by atoms with E-state index in [9.17, 15) is 18.3 Å². The molecular weight excluding hydrogens is 482 g/mol. The number of nitrogens with one attached hydrogen (secondary N) is 1. The summed E-state index contributed by atoms with van der Waals surface area (Å²) in [6, 6.07) is 15.0. The Labute approximate surface area is 213 Å². The van der Waals surface area contributed by atoms with Gasteiger partial charge in [0.1, 0.15) is 6.61 Å². The standard InChI is InChI=1S/C26H37N3O6S/c1-19(2)15-29(36(32,33)23-11-9-21(27)10-12-23)16-24(30)26(3,20-7-5-4-6-8-20)28-25(31)18-35-22-13-14-34-17-22/h4-12,19,22,24,30H,13-18,27H2,1-3H3,(H,28,31)/t22-,24+,26-/m0/s1. The van der Waals surface area contributed by atoms with Gasteiger partial charge in [0.2, 0.25) is 15.9 Å². The van der Waals surface area contributed by atoms with Crippen molar-refractivity contribution >= 4 is 21.6 Å². The van der Waals surface area contributed by atoms with Crippen LogP contribution in [0.1, 0.15) is 32.8 Å². The smallest absolute Gasteiger partial charge is 0.246 e. The fourth-order valence-electron chi connectivity index (χ4n) is 4.14. The van der Waals surface area contributed by atoms with Crippen LogP contribution in [0, 0.1) is 5.92 Å².